The second-order valence-corrected chi connectivity index (χ2v) is 10.9. The van der Waals surface area contributed by atoms with Crippen molar-refractivity contribution in [1.29, 1.82) is 0 Å². The third-order valence-corrected chi connectivity index (χ3v) is 8.92. The zero-order chi connectivity index (χ0) is 29.9. The smallest absolute Gasteiger partial charge is 0.238 e. The van der Waals surface area contributed by atoms with E-state index in [1.165, 1.54) is 38.5 Å². The van der Waals surface area contributed by atoms with E-state index < -0.39 is 35.0 Å². The monoisotopic (exact) mass is 574 g/mol. The van der Waals surface area contributed by atoms with Crippen molar-refractivity contribution in [3.8, 4) is 11.5 Å². The van der Waals surface area contributed by atoms with E-state index in [1.807, 2.05) is 59.6 Å². The molecule has 3 aliphatic heterocycles. The average molecular weight is 575 g/mol. The van der Waals surface area contributed by atoms with E-state index in [1.54, 1.807) is 24.3 Å². The number of fused-ring (bicyclic) bond motifs is 6. The maximum Gasteiger partial charge on any atom is 0.238 e. The van der Waals surface area contributed by atoms with Crippen LogP contribution < -0.4 is 14.8 Å². The van der Waals surface area contributed by atoms with Crippen molar-refractivity contribution in [1.82, 2.24) is 4.90 Å². The van der Waals surface area contributed by atoms with E-state index in [9.17, 15) is 18.8 Å². The molecule has 1 saturated heterocycles. The molecule has 8 heteroatoms. The summed E-state index contributed by atoms with van der Waals surface area (Å²) in [5.41, 5.74) is 2.00. The van der Waals surface area contributed by atoms with Gasteiger partial charge >= 0.3 is 0 Å². The lowest BCUT2D eigenvalue weighted by atomic mass is 9.62. The van der Waals surface area contributed by atoms with Gasteiger partial charge in [-0.2, -0.15) is 0 Å². The summed E-state index contributed by atoms with van der Waals surface area (Å²) in [5.74, 6) is -1.98. The zero-order valence-corrected chi connectivity index (χ0v) is 23.4. The Bertz CT molecular complexity index is 1830. The lowest BCUT2D eigenvalue weighted by Crippen LogP contribution is -2.49. The molecule has 43 heavy (non-hydrogen) atoms. The fraction of sp³-hybridized carbons (Fsp3) is 0.171. The number of nitrogens with zero attached hydrogens (tertiary/aromatic N) is 1. The minimum Gasteiger partial charge on any atom is -0.493 e. The predicted molar refractivity (Wildman–Crippen MR) is 159 cm³/mol. The highest BCUT2D eigenvalue weighted by Crippen LogP contribution is 2.62. The van der Waals surface area contributed by atoms with Gasteiger partial charge in [0.15, 0.2) is 23.1 Å². The molecule has 4 aromatic carbocycles. The molecule has 1 fully saturated rings. The number of Topliss-reactive ketones (excluding diaryl/α,β-unsaturated/α-hetero) is 2. The molecule has 1 amide bonds. The number of carbonyl (C=O) groups is 3. The summed E-state index contributed by atoms with van der Waals surface area (Å²) < 4.78 is 24.8. The summed E-state index contributed by atoms with van der Waals surface area (Å²) in [6.45, 7) is 0. The van der Waals surface area contributed by atoms with E-state index in [4.69, 9.17) is 9.47 Å². The van der Waals surface area contributed by atoms with Crippen molar-refractivity contribution >= 4 is 29.2 Å². The van der Waals surface area contributed by atoms with Crippen LogP contribution in [0, 0.1) is 11.7 Å². The quantitative estimate of drug-likeness (QED) is 0.292. The van der Waals surface area contributed by atoms with Gasteiger partial charge in [-0.05, 0) is 71.3 Å². The maximum absolute atomic E-state index is 14.7. The number of methoxy groups -OCH3 is 2. The zero-order valence-electron chi connectivity index (χ0n) is 23.4. The SMILES string of the molecule is COc1ccc(C(=O)C2C(C(=O)c3ccc(F)cc3)C3(C(=O)Nc4ccccc43)C3c4ccccc4C=CN23)cc1OC. The standard InChI is InChI=1S/C35H27FN2O5/c1-42-27-16-13-22(19-28(27)43-2)32(40)30-29(31(39)21-11-14-23(36)15-12-21)35(25-9-5-6-10-26(25)37-34(35)41)33-24-8-4-3-7-20(24)17-18-38(30)33/h3-19,29-30,33H,1-2H3,(H,37,41). The molecule has 4 unspecified atom stereocenters. The Balaban J connectivity index is 1.51. The van der Waals surface area contributed by atoms with E-state index in [-0.39, 0.29) is 17.3 Å². The van der Waals surface area contributed by atoms with Crippen LogP contribution in [-0.2, 0) is 10.2 Å². The Hall–Kier alpha value is -5.24. The van der Waals surface area contributed by atoms with Crippen LogP contribution >= 0.6 is 0 Å². The average Bonchev–Trinajstić information content (AvgIpc) is 3.52. The molecule has 1 spiro atoms. The summed E-state index contributed by atoms with van der Waals surface area (Å²) in [6.07, 6.45) is 3.71. The molecular weight excluding hydrogens is 547 g/mol. The molecule has 0 aromatic heterocycles. The Morgan fingerprint density at radius 1 is 0.837 bits per heavy atom. The molecule has 7 rings (SSSR count). The second kappa shape index (κ2) is 9.94. The third kappa shape index (κ3) is 3.75. The number of ether oxygens (including phenoxy) is 2. The fourth-order valence-corrected chi connectivity index (χ4v) is 7.12. The van der Waals surface area contributed by atoms with Crippen molar-refractivity contribution in [2.75, 3.05) is 19.5 Å². The van der Waals surface area contributed by atoms with E-state index in [0.29, 0.717) is 28.3 Å². The molecule has 0 aliphatic carbocycles. The van der Waals surface area contributed by atoms with Gasteiger partial charge in [0.1, 0.15) is 17.3 Å². The number of carbonyl (C=O) groups excluding carboxylic acids is 3. The molecule has 214 valence electrons. The van der Waals surface area contributed by atoms with Gasteiger partial charge in [0.25, 0.3) is 0 Å². The number of hydrogen-bond donors (Lipinski definition) is 1. The molecule has 7 nitrogen and oxygen atoms in total. The molecule has 4 atom stereocenters. The van der Waals surface area contributed by atoms with Gasteiger partial charge < -0.3 is 19.7 Å². The van der Waals surface area contributed by atoms with Gasteiger partial charge in [-0.25, -0.2) is 4.39 Å². The number of benzene rings is 4. The first-order chi connectivity index (χ1) is 20.9. The van der Waals surface area contributed by atoms with Crippen LogP contribution in [0.5, 0.6) is 11.5 Å². The fourth-order valence-electron chi connectivity index (χ4n) is 7.12. The van der Waals surface area contributed by atoms with Gasteiger partial charge in [-0.15, -0.1) is 0 Å². The number of hydrogen-bond acceptors (Lipinski definition) is 6. The van der Waals surface area contributed by atoms with Crippen LogP contribution in [0.1, 0.15) is 43.4 Å². The van der Waals surface area contributed by atoms with Crippen LogP contribution in [0.3, 0.4) is 0 Å². The molecule has 1 N–H and O–H groups in total. The molecule has 0 radical (unpaired) electrons. The normalized spacial score (nSPS) is 22.9. The Kier molecular flexibility index (Phi) is 6.16. The summed E-state index contributed by atoms with van der Waals surface area (Å²) in [6, 6.07) is 23.3. The first kappa shape index (κ1) is 26.6. The predicted octanol–water partition coefficient (Wildman–Crippen LogP) is 5.82. The summed E-state index contributed by atoms with van der Waals surface area (Å²) in [7, 11) is 2.99. The van der Waals surface area contributed by atoms with E-state index in [2.05, 4.69) is 5.32 Å². The second-order valence-electron chi connectivity index (χ2n) is 10.9. The van der Waals surface area contributed by atoms with Crippen LogP contribution in [0.2, 0.25) is 0 Å². The highest BCUT2D eigenvalue weighted by Gasteiger charge is 2.70. The Labute approximate surface area is 247 Å². The van der Waals surface area contributed by atoms with Crippen LogP contribution in [0.15, 0.2) is 97.2 Å². The van der Waals surface area contributed by atoms with Gasteiger partial charge in [0.05, 0.1) is 26.2 Å². The third-order valence-electron chi connectivity index (χ3n) is 8.92. The number of halogens is 1. The summed E-state index contributed by atoms with van der Waals surface area (Å²) in [5, 5.41) is 3.02. The first-order valence-electron chi connectivity index (χ1n) is 13.9. The van der Waals surface area contributed by atoms with Crippen LogP contribution in [0.25, 0.3) is 6.08 Å². The van der Waals surface area contributed by atoms with E-state index in [0.717, 1.165) is 11.1 Å². The minimum atomic E-state index is -1.47. The Morgan fingerprint density at radius 3 is 2.30 bits per heavy atom. The number of nitrogens with one attached hydrogen (secondary N) is 1. The molecule has 3 heterocycles. The lowest BCUT2D eigenvalue weighted by Gasteiger charge is -2.38. The topological polar surface area (TPSA) is 84.9 Å². The van der Waals surface area contributed by atoms with Crippen molar-refractivity contribution in [2.24, 2.45) is 5.92 Å². The van der Waals surface area contributed by atoms with Crippen molar-refractivity contribution in [3.05, 3.63) is 131 Å². The minimum absolute atomic E-state index is 0.213. The van der Waals surface area contributed by atoms with Gasteiger partial charge in [-0.3, -0.25) is 14.4 Å². The highest BCUT2D eigenvalue weighted by molar-refractivity contribution is 6.16. The van der Waals surface area contributed by atoms with Crippen molar-refractivity contribution in [3.63, 3.8) is 0 Å². The number of ketones is 2. The van der Waals surface area contributed by atoms with Crippen LogP contribution in [-0.4, -0.2) is 42.6 Å². The van der Waals surface area contributed by atoms with Gasteiger partial charge in [0.2, 0.25) is 5.91 Å². The highest BCUT2D eigenvalue weighted by atomic mass is 19.1. The number of para-hydroxylation sites is 1. The molecule has 4 aromatic rings. The molecule has 3 aliphatic rings. The molecular formula is C35H27FN2O5. The number of rotatable bonds is 6. The van der Waals surface area contributed by atoms with Crippen molar-refractivity contribution in [2.45, 2.75) is 17.5 Å². The largest absolute Gasteiger partial charge is 0.493 e. The first-order valence-corrected chi connectivity index (χ1v) is 13.9. The molecule has 0 bridgehead atoms. The maximum atomic E-state index is 14.7. The number of anilines is 1. The molecule has 0 saturated carbocycles. The van der Waals surface area contributed by atoms with Gasteiger partial charge in [-0.1, -0.05) is 42.5 Å². The summed E-state index contributed by atoms with van der Waals surface area (Å²) >= 11 is 0. The lowest BCUT2D eigenvalue weighted by molar-refractivity contribution is -0.122. The van der Waals surface area contributed by atoms with Gasteiger partial charge in [0, 0.05) is 23.0 Å². The van der Waals surface area contributed by atoms with E-state index >= 15 is 0 Å². The summed E-state index contributed by atoms with van der Waals surface area (Å²) in [4.78, 5) is 45.8. The Morgan fingerprint density at radius 2 is 1.53 bits per heavy atom. The van der Waals surface area contributed by atoms with Crippen LogP contribution in [0.4, 0.5) is 10.1 Å². The number of amides is 1. The van der Waals surface area contributed by atoms with Crippen molar-refractivity contribution < 1.29 is 28.2 Å².